The third kappa shape index (κ3) is 2.49. The summed E-state index contributed by atoms with van der Waals surface area (Å²) in [5, 5.41) is 2.94. The molecule has 0 aromatic heterocycles. The zero-order chi connectivity index (χ0) is 9.68. The molecule has 0 spiro atoms. The maximum absolute atomic E-state index is 13.0. The molecular weight excluding hydrogens is 172 g/mol. The SMILES string of the molecule is CNCCc1cccc(F)c1CF. The second-order valence-electron chi connectivity index (χ2n) is 2.86. The molecule has 3 heteroatoms. The van der Waals surface area contributed by atoms with Crippen LogP contribution in [0.25, 0.3) is 0 Å². The van der Waals surface area contributed by atoms with Crippen molar-refractivity contribution in [3.8, 4) is 0 Å². The van der Waals surface area contributed by atoms with Gasteiger partial charge in [-0.25, -0.2) is 8.78 Å². The summed E-state index contributed by atoms with van der Waals surface area (Å²) in [6.07, 6.45) is 0.660. The second-order valence-corrected chi connectivity index (χ2v) is 2.86. The van der Waals surface area contributed by atoms with Crippen LogP contribution in [0.1, 0.15) is 11.1 Å². The predicted octanol–water partition coefficient (Wildman–Crippen LogP) is 2.06. The number of nitrogens with one attached hydrogen (secondary N) is 1. The Morgan fingerprint density at radius 1 is 1.38 bits per heavy atom. The summed E-state index contributed by atoms with van der Waals surface area (Å²) in [5.41, 5.74) is 0.939. The van der Waals surface area contributed by atoms with Crippen molar-refractivity contribution in [1.29, 1.82) is 0 Å². The molecule has 1 rings (SSSR count). The molecule has 0 atom stereocenters. The molecule has 1 nitrogen and oxygen atoms in total. The van der Waals surface area contributed by atoms with E-state index in [1.807, 2.05) is 7.05 Å². The summed E-state index contributed by atoms with van der Waals surface area (Å²) in [7, 11) is 1.81. The van der Waals surface area contributed by atoms with Gasteiger partial charge in [0.25, 0.3) is 0 Å². The Kier molecular flexibility index (Phi) is 3.83. The fraction of sp³-hybridized carbons (Fsp3) is 0.400. The largest absolute Gasteiger partial charge is 0.319 e. The molecule has 0 aliphatic rings. The quantitative estimate of drug-likeness (QED) is 0.757. The summed E-state index contributed by atoms with van der Waals surface area (Å²) in [6, 6.07) is 4.66. The van der Waals surface area contributed by atoms with Crippen LogP contribution in [0.15, 0.2) is 18.2 Å². The molecule has 1 aromatic carbocycles. The highest BCUT2D eigenvalue weighted by Crippen LogP contribution is 2.15. The van der Waals surface area contributed by atoms with Crippen molar-refractivity contribution in [3.05, 3.63) is 35.1 Å². The van der Waals surface area contributed by atoms with E-state index in [1.54, 1.807) is 12.1 Å². The lowest BCUT2D eigenvalue weighted by atomic mass is 10.1. The third-order valence-corrected chi connectivity index (χ3v) is 1.99. The van der Waals surface area contributed by atoms with Gasteiger partial charge in [-0.2, -0.15) is 0 Å². The maximum Gasteiger partial charge on any atom is 0.129 e. The molecule has 0 aliphatic heterocycles. The third-order valence-electron chi connectivity index (χ3n) is 1.99. The number of hydrogen-bond donors (Lipinski definition) is 1. The Labute approximate surface area is 76.8 Å². The Bertz CT molecular complexity index is 274. The summed E-state index contributed by atoms with van der Waals surface area (Å²) in [4.78, 5) is 0. The van der Waals surface area contributed by atoms with Crippen LogP contribution in [-0.2, 0) is 13.1 Å². The van der Waals surface area contributed by atoms with E-state index < -0.39 is 12.5 Å². The van der Waals surface area contributed by atoms with E-state index in [0.29, 0.717) is 6.42 Å². The van der Waals surface area contributed by atoms with E-state index in [2.05, 4.69) is 5.32 Å². The van der Waals surface area contributed by atoms with Crippen molar-refractivity contribution in [2.45, 2.75) is 13.1 Å². The number of hydrogen-bond acceptors (Lipinski definition) is 1. The molecule has 0 saturated carbocycles. The molecule has 13 heavy (non-hydrogen) atoms. The summed E-state index contributed by atoms with van der Waals surface area (Å²) < 4.78 is 25.4. The van der Waals surface area contributed by atoms with Crippen molar-refractivity contribution in [2.75, 3.05) is 13.6 Å². The number of benzene rings is 1. The highest BCUT2D eigenvalue weighted by atomic mass is 19.1. The first kappa shape index (κ1) is 10.1. The molecule has 1 aromatic rings. The fourth-order valence-corrected chi connectivity index (χ4v) is 1.25. The summed E-state index contributed by atoms with van der Waals surface area (Å²) in [6.45, 7) is 0.00216. The Morgan fingerprint density at radius 3 is 2.77 bits per heavy atom. The Balaban J connectivity index is 2.85. The fourth-order valence-electron chi connectivity index (χ4n) is 1.25. The minimum absolute atomic E-state index is 0.192. The summed E-state index contributed by atoms with van der Waals surface area (Å²) in [5.74, 6) is -0.448. The second kappa shape index (κ2) is 4.92. The van der Waals surface area contributed by atoms with Crippen LogP contribution in [0.2, 0.25) is 0 Å². The number of rotatable bonds is 4. The van der Waals surface area contributed by atoms with Gasteiger partial charge < -0.3 is 5.32 Å². The van der Waals surface area contributed by atoms with Crippen molar-refractivity contribution in [2.24, 2.45) is 0 Å². The molecule has 1 N–H and O–H groups in total. The Hall–Kier alpha value is -0.960. The van der Waals surface area contributed by atoms with E-state index in [-0.39, 0.29) is 5.56 Å². The van der Waals surface area contributed by atoms with Crippen LogP contribution in [0.5, 0.6) is 0 Å². The van der Waals surface area contributed by atoms with Crippen LogP contribution in [0.4, 0.5) is 8.78 Å². The van der Waals surface area contributed by atoms with Gasteiger partial charge in [0.05, 0.1) is 0 Å². The molecule has 0 unspecified atom stereocenters. The van der Waals surface area contributed by atoms with Crippen LogP contribution in [0, 0.1) is 5.82 Å². The molecule has 0 fully saturated rings. The zero-order valence-corrected chi connectivity index (χ0v) is 7.61. The topological polar surface area (TPSA) is 12.0 Å². The van der Waals surface area contributed by atoms with Crippen LogP contribution >= 0.6 is 0 Å². The minimum Gasteiger partial charge on any atom is -0.319 e. The minimum atomic E-state index is -0.730. The lowest BCUT2D eigenvalue weighted by molar-refractivity contribution is 0.460. The first-order valence-corrected chi connectivity index (χ1v) is 4.26. The van der Waals surface area contributed by atoms with Crippen LogP contribution in [-0.4, -0.2) is 13.6 Å². The van der Waals surface area contributed by atoms with Crippen LogP contribution < -0.4 is 5.32 Å². The lowest BCUT2D eigenvalue weighted by Gasteiger charge is -2.06. The zero-order valence-electron chi connectivity index (χ0n) is 7.61. The summed E-state index contributed by atoms with van der Waals surface area (Å²) >= 11 is 0. The molecule has 72 valence electrons. The first-order valence-electron chi connectivity index (χ1n) is 4.26. The van der Waals surface area contributed by atoms with Gasteiger partial charge >= 0.3 is 0 Å². The molecule has 0 radical (unpaired) electrons. The average Bonchev–Trinajstić information content (AvgIpc) is 2.15. The highest BCUT2D eigenvalue weighted by molar-refractivity contribution is 5.28. The molecule has 0 heterocycles. The first-order chi connectivity index (χ1) is 6.29. The highest BCUT2D eigenvalue weighted by Gasteiger charge is 2.06. The van der Waals surface area contributed by atoms with Gasteiger partial charge in [0, 0.05) is 5.56 Å². The van der Waals surface area contributed by atoms with Crippen molar-refractivity contribution in [1.82, 2.24) is 5.32 Å². The van der Waals surface area contributed by atoms with Crippen molar-refractivity contribution < 1.29 is 8.78 Å². The van der Waals surface area contributed by atoms with E-state index in [9.17, 15) is 8.78 Å². The standard InChI is InChI=1S/C10H13F2N/c1-13-6-5-8-3-2-4-10(12)9(8)7-11/h2-4,13H,5-7H2,1H3. The van der Waals surface area contributed by atoms with Gasteiger partial charge in [-0.3, -0.25) is 0 Å². The normalized spacial score (nSPS) is 10.4. The van der Waals surface area contributed by atoms with Gasteiger partial charge in [0.15, 0.2) is 0 Å². The molecular formula is C10H13F2N. The predicted molar refractivity (Wildman–Crippen MR) is 48.8 cm³/mol. The van der Waals surface area contributed by atoms with E-state index >= 15 is 0 Å². The van der Waals surface area contributed by atoms with E-state index in [4.69, 9.17) is 0 Å². The number of likely N-dealkylation sites (N-methyl/N-ethyl adjacent to an activating group) is 1. The van der Waals surface area contributed by atoms with Crippen molar-refractivity contribution in [3.63, 3.8) is 0 Å². The van der Waals surface area contributed by atoms with E-state index in [1.165, 1.54) is 6.07 Å². The van der Waals surface area contributed by atoms with Gasteiger partial charge in [-0.15, -0.1) is 0 Å². The molecule has 0 saturated heterocycles. The monoisotopic (exact) mass is 185 g/mol. The van der Waals surface area contributed by atoms with Crippen molar-refractivity contribution >= 4 is 0 Å². The molecule has 0 bridgehead atoms. The van der Waals surface area contributed by atoms with Crippen LogP contribution in [0.3, 0.4) is 0 Å². The maximum atomic E-state index is 13.0. The smallest absolute Gasteiger partial charge is 0.129 e. The van der Waals surface area contributed by atoms with E-state index in [0.717, 1.165) is 12.1 Å². The lowest BCUT2D eigenvalue weighted by Crippen LogP contribution is -2.11. The molecule has 0 amide bonds. The Morgan fingerprint density at radius 2 is 2.15 bits per heavy atom. The van der Waals surface area contributed by atoms with Gasteiger partial charge in [0.2, 0.25) is 0 Å². The average molecular weight is 185 g/mol. The van der Waals surface area contributed by atoms with Gasteiger partial charge in [-0.1, -0.05) is 12.1 Å². The van der Waals surface area contributed by atoms with Gasteiger partial charge in [0.1, 0.15) is 12.5 Å². The number of alkyl halides is 1. The number of halogens is 2. The molecule has 0 aliphatic carbocycles. The van der Waals surface area contributed by atoms with Gasteiger partial charge in [-0.05, 0) is 31.6 Å².